The van der Waals surface area contributed by atoms with Gasteiger partial charge in [-0.2, -0.15) is 13.2 Å². The number of carbonyl (C=O) groups excluding carboxylic acids is 1. The zero-order valence-corrected chi connectivity index (χ0v) is 12.1. The summed E-state index contributed by atoms with van der Waals surface area (Å²) in [6, 6.07) is 3.83. The third-order valence-electron chi connectivity index (χ3n) is 2.15. The maximum Gasteiger partial charge on any atom is 0.418 e. The van der Waals surface area contributed by atoms with E-state index in [2.05, 4.69) is 5.32 Å². The molecule has 1 N–H and O–H groups in total. The number of nitrogens with one attached hydrogen (secondary N) is 1. The second kappa shape index (κ2) is 5.90. The molecular formula is C12H13F3INO. The molecule has 1 aromatic carbocycles. The summed E-state index contributed by atoms with van der Waals surface area (Å²) in [6.45, 7) is 3.66. The van der Waals surface area contributed by atoms with E-state index in [9.17, 15) is 18.0 Å². The summed E-state index contributed by atoms with van der Waals surface area (Å²) in [6.07, 6.45) is -4.27. The summed E-state index contributed by atoms with van der Waals surface area (Å²) in [5.41, 5.74) is -1.000. The van der Waals surface area contributed by atoms with Crippen LogP contribution in [-0.4, -0.2) is 5.91 Å². The Kier molecular flexibility index (Phi) is 5.01. The van der Waals surface area contributed by atoms with Gasteiger partial charge in [0.25, 0.3) is 0 Å². The van der Waals surface area contributed by atoms with Gasteiger partial charge in [0.05, 0.1) is 11.3 Å². The third kappa shape index (κ3) is 4.47. The molecule has 18 heavy (non-hydrogen) atoms. The molecule has 0 aromatic heterocycles. The van der Waals surface area contributed by atoms with Crippen molar-refractivity contribution in [3.8, 4) is 0 Å². The van der Waals surface area contributed by atoms with Crippen LogP contribution in [0.3, 0.4) is 0 Å². The van der Waals surface area contributed by atoms with E-state index >= 15 is 0 Å². The second-order valence-electron chi connectivity index (χ2n) is 4.33. The number of hydrogen-bond donors (Lipinski definition) is 1. The van der Waals surface area contributed by atoms with Gasteiger partial charge in [0.1, 0.15) is 0 Å². The molecule has 0 heterocycles. The van der Waals surface area contributed by atoms with E-state index in [4.69, 9.17) is 0 Å². The van der Waals surface area contributed by atoms with Crippen molar-refractivity contribution in [3.05, 3.63) is 27.3 Å². The average molecular weight is 371 g/mol. The molecule has 0 unspecified atom stereocenters. The first-order valence-corrected chi connectivity index (χ1v) is 6.44. The van der Waals surface area contributed by atoms with Gasteiger partial charge in [0.2, 0.25) is 5.91 Å². The van der Waals surface area contributed by atoms with Gasteiger partial charge in [-0.25, -0.2) is 0 Å². The second-order valence-corrected chi connectivity index (χ2v) is 5.58. The molecule has 2 nitrogen and oxygen atoms in total. The summed E-state index contributed by atoms with van der Waals surface area (Å²) in [5, 5.41) is 2.31. The Hall–Kier alpha value is -0.790. The van der Waals surface area contributed by atoms with Crippen LogP contribution in [0.4, 0.5) is 18.9 Å². The fourth-order valence-corrected chi connectivity index (χ4v) is 1.92. The highest BCUT2D eigenvalue weighted by Gasteiger charge is 2.34. The summed E-state index contributed by atoms with van der Waals surface area (Å²) in [5.74, 6) is -0.306. The van der Waals surface area contributed by atoms with Crippen LogP contribution in [0.15, 0.2) is 18.2 Å². The van der Waals surface area contributed by atoms with Crippen molar-refractivity contribution in [1.29, 1.82) is 0 Å². The topological polar surface area (TPSA) is 29.1 Å². The Morgan fingerprint density at radius 2 is 2.00 bits per heavy atom. The standard InChI is InChI=1S/C12H13F3INO/c1-7(2)5-11(18)17-10-4-3-8(16)6-9(10)12(13,14)15/h3-4,6-7H,5H2,1-2H3,(H,17,18). The highest BCUT2D eigenvalue weighted by molar-refractivity contribution is 14.1. The monoisotopic (exact) mass is 371 g/mol. The van der Waals surface area contributed by atoms with Gasteiger partial charge in [-0.1, -0.05) is 13.8 Å². The molecule has 0 aliphatic heterocycles. The van der Waals surface area contributed by atoms with Gasteiger partial charge in [-0.15, -0.1) is 0 Å². The molecule has 0 spiro atoms. The minimum Gasteiger partial charge on any atom is -0.325 e. The highest BCUT2D eigenvalue weighted by atomic mass is 127. The molecule has 0 bridgehead atoms. The zero-order chi connectivity index (χ0) is 13.9. The van der Waals surface area contributed by atoms with E-state index < -0.39 is 17.6 Å². The molecule has 6 heteroatoms. The van der Waals surface area contributed by atoms with E-state index in [1.165, 1.54) is 12.1 Å². The van der Waals surface area contributed by atoms with E-state index in [-0.39, 0.29) is 18.0 Å². The van der Waals surface area contributed by atoms with Crippen molar-refractivity contribution in [1.82, 2.24) is 0 Å². The fourth-order valence-electron chi connectivity index (χ4n) is 1.43. The number of alkyl halides is 3. The summed E-state index contributed by atoms with van der Waals surface area (Å²) >= 11 is 1.80. The molecular weight excluding hydrogens is 358 g/mol. The molecule has 0 atom stereocenters. The molecule has 0 aliphatic rings. The van der Waals surface area contributed by atoms with Crippen molar-refractivity contribution in [3.63, 3.8) is 0 Å². The molecule has 1 amide bonds. The first-order valence-electron chi connectivity index (χ1n) is 5.36. The minimum absolute atomic E-state index is 0.100. The first-order chi connectivity index (χ1) is 8.20. The highest BCUT2D eigenvalue weighted by Crippen LogP contribution is 2.35. The molecule has 0 aliphatic carbocycles. The van der Waals surface area contributed by atoms with Crippen LogP contribution >= 0.6 is 22.6 Å². The van der Waals surface area contributed by atoms with Gasteiger partial charge >= 0.3 is 6.18 Å². The maximum absolute atomic E-state index is 12.8. The Balaban J connectivity index is 2.99. The molecule has 0 radical (unpaired) electrons. The third-order valence-corrected chi connectivity index (χ3v) is 2.83. The molecule has 0 saturated heterocycles. The maximum atomic E-state index is 12.8. The number of benzene rings is 1. The van der Waals surface area contributed by atoms with E-state index in [1.54, 1.807) is 22.6 Å². The number of rotatable bonds is 3. The summed E-state index contributed by atoms with van der Waals surface area (Å²) < 4.78 is 38.8. The van der Waals surface area contributed by atoms with Gasteiger partial charge < -0.3 is 5.32 Å². The SMILES string of the molecule is CC(C)CC(=O)Nc1ccc(I)cc1C(F)(F)F. The van der Waals surface area contributed by atoms with Crippen LogP contribution in [0.2, 0.25) is 0 Å². The van der Waals surface area contributed by atoms with Crippen LogP contribution in [0.25, 0.3) is 0 Å². The average Bonchev–Trinajstić information content (AvgIpc) is 2.17. The number of amides is 1. The van der Waals surface area contributed by atoms with Crippen molar-refractivity contribution < 1.29 is 18.0 Å². The molecule has 100 valence electrons. The predicted octanol–water partition coefficient (Wildman–Crippen LogP) is 4.29. The quantitative estimate of drug-likeness (QED) is 0.789. The van der Waals surface area contributed by atoms with E-state index in [0.717, 1.165) is 6.07 Å². The number of anilines is 1. The van der Waals surface area contributed by atoms with Gasteiger partial charge in [0.15, 0.2) is 0 Å². The van der Waals surface area contributed by atoms with E-state index in [1.807, 2.05) is 13.8 Å². The lowest BCUT2D eigenvalue weighted by molar-refractivity contribution is -0.137. The van der Waals surface area contributed by atoms with Crippen LogP contribution in [0.5, 0.6) is 0 Å². The lowest BCUT2D eigenvalue weighted by atomic mass is 10.1. The van der Waals surface area contributed by atoms with Crippen molar-refractivity contribution in [2.75, 3.05) is 5.32 Å². The Morgan fingerprint density at radius 1 is 1.39 bits per heavy atom. The van der Waals surface area contributed by atoms with Crippen molar-refractivity contribution in [2.45, 2.75) is 26.4 Å². The van der Waals surface area contributed by atoms with Crippen LogP contribution in [0.1, 0.15) is 25.8 Å². The van der Waals surface area contributed by atoms with E-state index in [0.29, 0.717) is 3.57 Å². The Labute approximate surface area is 117 Å². The number of carbonyl (C=O) groups is 1. The van der Waals surface area contributed by atoms with Crippen LogP contribution in [0, 0.1) is 9.49 Å². The Morgan fingerprint density at radius 3 is 2.50 bits per heavy atom. The van der Waals surface area contributed by atoms with Crippen molar-refractivity contribution in [2.24, 2.45) is 5.92 Å². The minimum atomic E-state index is -4.47. The summed E-state index contributed by atoms with van der Waals surface area (Å²) in [7, 11) is 0. The number of hydrogen-bond acceptors (Lipinski definition) is 1. The largest absolute Gasteiger partial charge is 0.418 e. The molecule has 0 saturated carbocycles. The van der Waals surface area contributed by atoms with Crippen molar-refractivity contribution >= 4 is 34.2 Å². The Bertz CT molecular complexity index is 443. The van der Waals surface area contributed by atoms with Gasteiger partial charge in [-0.05, 0) is 46.7 Å². The van der Waals surface area contributed by atoms with Crippen LogP contribution in [-0.2, 0) is 11.0 Å². The lowest BCUT2D eigenvalue weighted by Gasteiger charge is -2.14. The number of halogens is 4. The fraction of sp³-hybridized carbons (Fsp3) is 0.417. The van der Waals surface area contributed by atoms with Gasteiger partial charge in [0, 0.05) is 9.99 Å². The predicted molar refractivity (Wildman–Crippen MR) is 72.2 cm³/mol. The molecule has 1 aromatic rings. The molecule has 1 rings (SSSR count). The smallest absolute Gasteiger partial charge is 0.325 e. The lowest BCUT2D eigenvalue weighted by Crippen LogP contribution is -2.18. The first kappa shape index (κ1) is 15.3. The van der Waals surface area contributed by atoms with Crippen LogP contribution < -0.4 is 5.32 Å². The normalized spacial score (nSPS) is 11.7. The molecule has 0 fully saturated rings. The zero-order valence-electron chi connectivity index (χ0n) is 9.94. The summed E-state index contributed by atoms with van der Waals surface area (Å²) in [4.78, 5) is 11.5. The van der Waals surface area contributed by atoms with Gasteiger partial charge in [-0.3, -0.25) is 4.79 Å².